The number of pyridine rings is 1. The smallest absolute Gasteiger partial charge is 0.351 e. The molecule has 0 aliphatic heterocycles. The number of imidazole rings is 1. The first-order valence-corrected chi connectivity index (χ1v) is 9.11. The number of aromatic nitrogens is 3. The molecule has 0 fully saturated rings. The fourth-order valence-electron chi connectivity index (χ4n) is 3.75. The van der Waals surface area contributed by atoms with Gasteiger partial charge in [0.15, 0.2) is 0 Å². The molecule has 0 saturated carbocycles. The van der Waals surface area contributed by atoms with Crippen molar-refractivity contribution in [3.63, 3.8) is 0 Å². The zero-order valence-corrected chi connectivity index (χ0v) is 15.5. The van der Waals surface area contributed by atoms with E-state index in [1.54, 1.807) is 10.6 Å². The summed E-state index contributed by atoms with van der Waals surface area (Å²) in [5.41, 5.74) is 3.20. The summed E-state index contributed by atoms with van der Waals surface area (Å²) in [5.74, 6) is 0.481. The molecule has 0 aliphatic rings. The molecular weight excluding hydrogens is 375 g/mol. The Morgan fingerprint density at radius 3 is 2.55 bits per heavy atom. The van der Waals surface area contributed by atoms with Crippen molar-refractivity contribution in [1.82, 2.24) is 14.0 Å². The molecule has 6 heteroatoms. The third kappa shape index (κ3) is 2.88. The molecule has 0 radical (unpaired) electrons. The van der Waals surface area contributed by atoms with Gasteiger partial charge in [0.25, 0.3) is 0 Å². The maximum absolute atomic E-state index is 13.4. The van der Waals surface area contributed by atoms with Gasteiger partial charge in [0.1, 0.15) is 5.82 Å². The summed E-state index contributed by atoms with van der Waals surface area (Å²) in [6.07, 6.45) is 1.01. The lowest BCUT2D eigenvalue weighted by Crippen LogP contribution is -2.05. The fourth-order valence-corrected chi connectivity index (χ4v) is 3.75. The normalized spacial score (nSPS) is 12.1. The third-order valence-electron chi connectivity index (χ3n) is 5.22. The Kier molecular flexibility index (Phi) is 3.77. The molecule has 3 nitrogen and oxygen atoms in total. The van der Waals surface area contributed by atoms with Crippen molar-refractivity contribution in [1.29, 1.82) is 0 Å². The third-order valence-corrected chi connectivity index (χ3v) is 5.22. The van der Waals surface area contributed by atoms with Crippen molar-refractivity contribution in [3.8, 4) is 22.5 Å². The second-order valence-corrected chi connectivity index (χ2v) is 7.04. The van der Waals surface area contributed by atoms with Crippen LogP contribution in [0.5, 0.6) is 0 Å². The van der Waals surface area contributed by atoms with Gasteiger partial charge in [-0.05, 0) is 53.6 Å². The zero-order chi connectivity index (χ0) is 20.2. The first kappa shape index (κ1) is 17.6. The Balaban J connectivity index is 1.78. The first-order chi connectivity index (χ1) is 13.9. The highest BCUT2D eigenvalue weighted by Gasteiger charge is 2.31. The topological polar surface area (TPSA) is 22.2 Å². The summed E-state index contributed by atoms with van der Waals surface area (Å²) in [5, 5.41) is 1.03. The number of aryl methyl sites for hydroxylation is 1. The maximum atomic E-state index is 13.4. The van der Waals surface area contributed by atoms with Crippen LogP contribution in [0.25, 0.3) is 38.9 Å². The lowest BCUT2D eigenvalue weighted by Gasteiger charge is -2.14. The molecule has 0 atom stereocenters. The van der Waals surface area contributed by atoms with Crippen LogP contribution < -0.4 is 0 Å². The molecule has 5 aromatic rings. The summed E-state index contributed by atoms with van der Waals surface area (Å²) < 4.78 is 44.1. The Morgan fingerprint density at radius 1 is 0.862 bits per heavy atom. The second kappa shape index (κ2) is 6.24. The van der Waals surface area contributed by atoms with Crippen LogP contribution in [-0.2, 0) is 13.2 Å². The van der Waals surface area contributed by atoms with Crippen molar-refractivity contribution >= 4 is 16.4 Å². The van der Waals surface area contributed by atoms with E-state index in [1.807, 2.05) is 66.5 Å². The van der Waals surface area contributed by atoms with Gasteiger partial charge >= 0.3 is 6.18 Å². The molecule has 3 aromatic heterocycles. The zero-order valence-electron chi connectivity index (χ0n) is 15.5. The Labute approximate surface area is 164 Å². The molecule has 0 unspecified atom stereocenters. The SMILES string of the molecule is Cn1ccc2cc(-c3ccc(C(F)(F)F)cc3-c3ncc4ccccn34)ccc21. The lowest BCUT2D eigenvalue weighted by molar-refractivity contribution is -0.137. The average molecular weight is 391 g/mol. The number of nitrogens with zero attached hydrogens (tertiary/aromatic N) is 3. The van der Waals surface area contributed by atoms with Gasteiger partial charge in [0, 0.05) is 35.9 Å². The molecule has 0 bridgehead atoms. The molecule has 0 saturated heterocycles. The van der Waals surface area contributed by atoms with Gasteiger partial charge in [0.05, 0.1) is 17.3 Å². The molecule has 0 spiro atoms. The average Bonchev–Trinajstić information content (AvgIpc) is 3.30. The van der Waals surface area contributed by atoms with Crippen LogP contribution in [-0.4, -0.2) is 14.0 Å². The van der Waals surface area contributed by atoms with Crippen molar-refractivity contribution in [2.45, 2.75) is 6.18 Å². The number of halogens is 3. The minimum atomic E-state index is -4.43. The number of rotatable bonds is 2. The largest absolute Gasteiger partial charge is 0.416 e. The first-order valence-electron chi connectivity index (χ1n) is 9.11. The molecule has 0 amide bonds. The lowest BCUT2D eigenvalue weighted by atomic mass is 9.96. The summed E-state index contributed by atoms with van der Waals surface area (Å²) in [6.45, 7) is 0. The maximum Gasteiger partial charge on any atom is 0.416 e. The standard InChI is InChI=1S/C23H16F3N3/c1-28-11-9-16-12-15(5-8-21(16)28)19-7-6-17(23(24,25)26)13-20(19)22-27-14-18-4-2-3-10-29(18)22/h2-14H,1H3. The molecule has 0 aliphatic carbocycles. The molecule has 2 aromatic carbocycles. The van der Waals surface area contributed by atoms with Crippen LogP contribution in [0, 0.1) is 0 Å². The Bertz CT molecular complexity index is 1360. The molecule has 3 heterocycles. The molecule has 0 N–H and O–H groups in total. The van der Waals surface area contributed by atoms with Gasteiger partial charge in [-0.2, -0.15) is 13.2 Å². The van der Waals surface area contributed by atoms with Crippen molar-refractivity contribution in [3.05, 3.63) is 84.8 Å². The van der Waals surface area contributed by atoms with Gasteiger partial charge in [-0.1, -0.05) is 18.2 Å². The number of hydrogen-bond acceptors (Lipinski definition) is 1. The van der Waals surface area contributed by atoms with Gasteiger partial charge in [-0.15, -0.1) is 0 Å². The predicted molar refractivity (Wildman–Crippen MR) is 108 cm³/mol. The summed E-state index contributed by atoms with van der Waals surface area (Å²) in [6, 6.07) is 17.3. The van der Waals surface area contributed by atoms with Crippen molar-refractivity contribution in [2.75, 3.05) is 0 Å². The minimum Gasteiger partial charge on any atom is -0.351 e. The second-order valence-electron chi connectivity index (χ2n) is 7.04. The van der Waals surface area contributed by atoms with Crippen LogP contribution in [0.2, 0.25) is 0 Å². The van der Waals surface area contributed by atoms with Gasteiger partial charge in [-0.3, -0.25) is 4.40 Å². The predicted octanol–water partition coefficient (Wildman–Crippen LogP) is 6.18. The van der Waals surface area contributed by atoms with E-state index < -0.39 is 11.7 Å². The Hall–Kier alpha value is -3.54. The Morgan fingerprint density at radius 2 is 1.72 bits per heavy atom. The minimum absolute atomic E-state index is 0.446. The number of hydrogen-bond donors (Lipinski definition) is 0. The molecule has 144 valence electrons. The van der Waals surface area contributed by atoms with Gasteiger partial charge in [0.2, 0.25) is 0 Å². The fraction of sp³-hybridized carbons (Fsp3) is 0.0870. The van der Waals surface area contributed by atoms with Gasteiger partial charge < -0.3 is 4.57 Å². The van der Waals surface area contributed by atoms with Gasteiger partial charge in [-0.25, -0.2) is 4.98 Å². The summed E-state index contributed by atoms with van der Waals surface area (Å²) in [4.78, 5) is 4.43. The van der Waals surface area contributed by atoms with Crippen LogP contribution >= 0.6 is 0 Å². The van der Waals surface area contributed by atoms with E-state index in [9.17, 15) is 13.2 Å². The van der Waals surface area contributed by atoms with Crippen molar-refractivity contribution in [2.24, 2.45) is 7.05 Å². The molecule has 29 heavy (non-hydrogen) atoms. The van der Waals surface area contributed by atoms with Crippen LogP contribution in [0.1, 0.15) is 5.56 Å². The number of benzene rings is 2. The van der Waals surface area contributed by atoms with Crippen LogP contribution in [0.3, 0.4) is 0 Å². The molecule has 5 rings (SSSR count). The van der Waals surface area contributed by atoms with E-state index in [4.69, 9.17) is 0 Å². The summed E-state index contributed by atoms with van der Waals surface area (Å²) >= 11 is 0. The monoisotopic (exact) mass is 391 g/mol. The van der Waals surface area contributed by atoms with Crippen molar-refractivity contribution < 1.29 is 13.2 Å². The number of alkyl halides is 3. The van der Waals surface area contributed by atoms with E-state index >= 15 is 0 Å². The quantitative estimate of drug-likeness (QED) is 0.352. The highest BCUT2D eigenvalue weighted by atomic mass is 19.4. The van der Waals surface area contributed by atoms with Crippen LogP contribution in [0.4, 0.5) is 13.2 Å². The highest BCUT2D eigenvalue weighted by Crippen LogP contribution is 2.38. The van der Waals surface area contributed by atoms with E-state index in [-0.39, 0.29) is 0 Å². The van der Waals surface area contributed by atoms with E-state index in [0.717, 1.165) is 28.0 Å². The van der Waals surface area contributed by atoms with E-state index in [2.05, 4.69) is 4.98 Å². The van der Waals surface area contributed by atoms with E-state index in [1.165, 1.54) is 12.1 Å². The molecular formula is C23H16F3N3. The van der Waals surface area contributed by atoms with E-state index in [0.29, 0.717) is 17.0 Å². The van der Waals surface area contributed by atoms with Crippen LogP contribution in [0.15, 0.2) is 79.3 Å². The number of fused-ring (bicyclic) bond motifs is 2. The summed E-state index contributed by atoms with van der Waals surface area (Å²) in [7, 11) is 1.96. The highest BCUT2D eigenvalue weighted by molar-refractivity contribution is 5.90.